The third-order valence-electron chi connectivity index (χ3n) is 3.87. The van der Waals surface area contributed by atoms with Crippen LogP contribution in [0.5, 0.6) is 0 Å². The Labute approximate surface area is 157 Å². The van der Waals surface area contributed by atoms with Crippen molar-refractivity contribution in [1.82, 2.24) is 10.3 Å². The molecule has 2 aromatic heterocycles. The van der Waals surface area contributed by atoms with Gasteiger partial charge in [-0.25, -0.2) is 0 Å². The van der Waals surface area contributed by atoms with E-state index in [0.29, 0.717) is 5.56 Å². The number of aromatic nitrogens is 1. The average Bonchev–Trinajstić information content (AvgIpc) is 3.20. The van der Waals surface area contributed by atoms with E-state index in [1.54, 1.807) is 23.5 Å². The summed E-state index contributed by atoms with van der Waals surface area (Å²) < 4.78 is 37.5. The highest BCUT2D eigenvalue weighted by molar-refractivity contribution is 7.13. The molecule has 0 fully saturated rings. The zero-order valence-electron chi connectivity index (χ0n) is 13.9. The number of rotatable bonds is 5. The maximum absolute atomic E-state index is 12.5. The smallest absolute Gasteiger partial charge is 0.387 e. The lowest BCUT2D eigenvalue weighted by atomic mass is 10.1. The first-order chi connectivity index (χ1) is 12.8. The molecule has 0 saturated heterocycles. The van der Waals surface area contributed by atoms with Crippen LogP contribution in [0.3, 0.4) is 0 Å². The first-order valence-corrected chi connectivity index (χ1v) is 8.86. The predicted octanol–water partition coefficient (Wildman–Crippen LogP) is 4.29. The fourth-order valence-corrected chi connectivity index (χ4v) is 3.15. The molecule has 1 amide bonds. The van der Waals surface area contributed by atoms with Crippen LogP contribution in [-0.4, -0.2) is 22.5 Å². The molecule has 1 aromatic carbocycles. The Morgan fingerprint density at radius 2 is 1.89 bits per heavy atom. The molecule has 0 bridgehead atoms. The fraction of sp³-hybridized carbons (Fsp3) is 0.158. The second-order valence-corrected chi connectivity index (χ2v) is 6.70. The van der Waals surface area contributed by atoms with Crippen LogP contribution >= 0.6 is 11.3 Å². The molecule has 3 aromatic rings. The molecule has 1 unspecified atom stereocenters. The lowest BCUT2D eigenvalue weighted by Crippen LogP contribution is -2.28. The van der Waals surface area contributed by atoms with Crippen LogP contribution in [-0.2, 0) is 6.18 Å². The van der Waals surface area contributed by atoms with Gasteiger partial charge in [0.25, 0.3) is 5.91 Å². The number of nitrogens with zero attached hydrogens (tertiary/aromatic N) is 1. The highest BCUT2D eigenvalue weighted by Crippen LogP contribution is 2.27. The van der Waals surface area contributed by atoms with Gasteiger partial charge in [-0.3, -0.25) is 9.78 Å². The maximum atomic E-state index is 12.5. The van der Waals surface area contributed by atoms with Gasteiger partial charge in [-0.15, -0.1) is 11.3 Å². The van der Waals surface area contributed by atoms with E-state index in [1.807, 2.05) is 29.6 Å². The molecular weight excluding hydrogens is 377 g/mol. The van der Waals surface area contributed by atoms with Gasteiger partial charge in [-0.1, -0.05) is 30.3 Å². The Morgan fingerprint density at radius 1 is 1.15 bits per heavy atom. The number of benzene rings is 1. The van der Waals surface area contributed by atoms with E-state index in [9.17, 15) is 23.1 Å². The van der Waals surface area contributed by atoms with Crippen LogP contribution in [0.4, 0.5) is 13.2 Å². The SMILES string of the molecule is O=C(NCC(O)c1ccc(-c2cccs2)cc1)c1ccc(C(F)(F)F)nc1. The molecule has 27 heavy (non-hydrogen) atoms. The summed E-state index contributed by atoms with van der Waals surface area (Å²) in [5.41, 5.74) is 0.579. The number of hydrogen-bond donors (Lipinski definition) is 2. The molecule has 0 radical (unpaired) electrons. The summed E-state index contributed by atoms with van der Waals surface area (Å²) in [6.07, 6.45) is -4.63. The molecule has 4 nitrogen and oxygen atoms in total. The number of aliphatic hydroxyl groups is 1. The molecule has 1 atom stereocenters. The second kappa shape index (κ2) is 7.89. The highest BCUT2D eigenvalue weighted by Gasteiger charge is 2.32. The molecule has 3 rings (SSSR count). The van der Waals surface area contributed by atoms with Gasteiger partial charge >= 0.3 is 6.18 Å². The van der Waals surface area contributed by atoms with E-state index in [1.165, 1.54) is 0 Å². The summed E-state index contributed by atoms with van der Waals surface area (Å²) in [7, 11) is 0. The van der Waals surface area contributed by atoms with Crippen molar-refractivity contribution in [2.75, 3.05) is 6.54 Å². The average molecular weight is 392 g/mol. The van der Waals surface area contributed by atoms with E-state index in [2.05, 4.69) is 10.3 Å². The Bertz CT molecular complexity index is 892. The van der Waals surface area contributed by atoms with Crippen LogP contribution in [0.25, 0.3) is 10.4 Å². The van der Waals surface area contributed by atoms with Gasteiger partial charge in [-0.05, 0) is 34.7 Å². The largest absolute Gasteiger partial charge is 0.433 e. The van der Waals surface area contributed by atoms with Gasteiger partial charge in [0.2, 0.25) is 0 Å². The number of carbonyl (C=O) groups excluding carboxylic acids is 1. The van der Waals surface area contributed by atoms with Gasteiger partial charge < -0.3 is 10.4 Å². The number of nitrogens with one attached hydrogen (secondary N) is 1. The monoisotopic (exact) mass is 392 g/mol. The zero-order valence-corrected chi connectivity index (χ0v) is 14.7. The minimum Gasteiger partial charge on any atom is -0.387 e. The van der Waals surface area contributed by atoms with Crippen molar-refractivity contribution in [2.45, 2.75) is 12.3 Å². The van der Waals surface area contributed by atoms with E-state index in [0.717, 1.165) is 28.8 Å². The van der Waals surface area contributed by atoms with Gasteiger partial charge in [0.1, 0.15) is 5.69 Å². The first kappa shape index (κ1) is 19.1. The van der Waals surface area contributed by atoms with Crippen molar-refractivity contribution in [3.05, 3.63) is 76.9 Å². The van der Waals surface area contributed by atoms with Crippen LogP contribution in [0.1, 0.15) is 27.7 Å². The maximum Gasteiger partial charge on any atom is 0.433 e. The van der Waals surface area contributed by atoms with E-state index < -0.39 is 23.9 Å². The molecule has 0 aliphatic carbocycles. The molecule has 0 spiro atoms. The number of alkyl halides is 3. The van der Waals surface area contributed by atoms with Crippen LogP contribution < -0.4 is 5.32 Å². The van der Waals surface area contributed by atoms with Crippen LogP contribution in [0.2, 0.25) is 0 Å². The number of hydrogen-bond acceptors (Lipinski definition) is 4. The van der Waals surface area contributed by atoms with Crippen molar-refractivity contribution in [3.8, 4) is 10.4 Å². The van der Waals surface area contributed by atoms with Gasteiger partial charge in [0.15, 0.2) is 0 Å². The third-order valence-corrected chi connectivity index (χ3v) is 4.79. The Balaban J connectivity index is 1.58. The molecule has 8 heteroatoms. The van der Waals surface area contributed by atoms with Crippen LogP contribution in [0.15, 0.2) is 60.1 Å². The van der Waals surface area contributed by atoms with Crippen molar-refractivity contribution in [2.24, 2.45) is 0 Å². The number of thiophene rings is 1. The fourth-order valence-electron chi connectivity index (χ4n) is 2.42. The van der Waals surface area contributed by atoms with Crippen molar-refractivity contribution < 1.29 is 23.1 Å². The van der Waals surface area contributed by atoms with Crippen molar-refractivity contribution >= 4 is 17.2 Å². The van der Waals surface area contributed by atoms with Crippen LogP contribution in [0, 0.1) is 0 Å². The highest BCUT2D eigenvalue weighted by atomic mass is 32.1. The minimum absolute atomic E-state index is 0.0109. The lowest BCUT2D eigenvalue weighted by molar-refractivity contribution is -0.141. The normalized spacial score (nSPS) is 12.6. The molecule has 140 valence electrons. The molecule has 0 aliphatic heterocycles. The molecule has 2 heterocycles. The number of carbonyl (C=O) groups is 1. The summed E-state index contributed by atoms with van der Waals surface area (Å²) >= 11 is 1.61. The minimum atomic E-state index is -4.56. The quantitative estimate of drug-likeness (QED) is 0.681. The molecule has 0 saturated carbocycles. The first-order valence-electron chi connectivity index (χ1n) is 7.98. The topological polar surface area (TPSA) is 62.2 Å². The predicted molar refractivity (Wildman–Crippen MR) is 96.3 cm³/mol. The Hall–Kier alpha value is -2.71. The Morgan fingerprint density at radius 3 is 2.44 bits per heavy atom. The number of halogens is 3. The third kappa shape index (κ3) is 4.72. The van der Waals surface area contributed by atoms with E-state index in [-0.39, 0.29) is 12.1 Å². The lowest BCUT2D eigenvalue weighted by Gasteiger charge is -2.13. The van der Waals surface area contributed by atoms with Gasteiger partial charge in [-0.2, -0.15) is 13.2 Å². The number of pyridine rings is 1. The summed E-state index contributed by atoms with van der Waals surface area (Å²) in [6, 6.07) is 13.0. The number of amides is 1. The summed E-state index contributed by atoms with van der Waals surface area (Å²) in [6.45, 7) is -0.0712. The standard InChI is InChI=1S/C19H15F3N2O2S/c20-19(21,22)17-8-7-14(10-23-17)18(26)24-11-15(25)12-3-5-13(6-4-12)16-2-1-9-27-16/h1-10,15,25H,11H2,(H,24,26). The Kier molecular flexibility index (Phi) is 5.57. The molecule has 2 N–H and O–H groups in total. The van der Waals surface area contributed by atoms with Crippen molar-refractivity contribution in [3.63, 3.8) is 0 Å². The van der Waals surface area contributed by atoms with Gasteiger partial charge in [0, 0.05) is 17.6 Å². The second-order valence-electron chi connectivity index (χ2n) is 5.76. The molecular formula is C19H15F3N2O2S. The van der Waals surface area contributed by atoms with Crippen molar-refractivity contribution in [1.29, 1.82) is 0 Å². The van der Waals surface area contributed by atoms with Gasteiger partial charge in [0.05, 0.1) is 11.7 Å². The van der Waals surface area contributed by atoms with E-state index >= 15 is 0 Å². The summed E-state index contributed by atoms with van der Waals surface area (Å²) in [5, 5.41) is 14.7. The summed E-state index contributed by atoms with van der Waals surface area (Å²) in [5.74, 6) is -0.606. The van der Waals surface area contributed by atoms with E-state index in [4.69, 9.17) is 0 Å². The summed E-state index contributed by atoms with van der Waals surface area (Å²) in [4.78, 5) is 16.4. The number of aliphatic hydroxyl groups excluding tert-OH is 1. The zero-order chi connectivity index (χ0) is 19.4. The molecule has 0 aliphatic rings.